The minimum Gasteiger partial charge on any atom is -0.356 e. The molecule has 0 spiro atoms. The Kier molecular flexibility index (Phi) is 6.87. The van der Waals surface area contributed by atoms with E-state index < -0.39 is 0 Å². The first kappa shape index (κ1) is 18.5. The van der Waals surface area contributed by atoms with Gasteiger partial charge in [-0.15, -0.1) is 0 Å². The second kappa shape index (κ2) is 8.89. The predicted molar refractivity (Wildman–Crippen MR) is 97.4 cm³/mol. The first-order chi connectivity index (χ1) is 11.4. The average Bonchev–Trinajstić information content (AvgIpc) is 2.50. The third-order valence-corrected chi connectivity index (χ3v) is 4.27. The number of carbonyl (C=O) groups is 1. The van der Waals surface area contributed by atoms with Crippen LogP contribution in [0.15, 0.2) is 40.3 Å². The first-order valence-corrected chi connectivity index (χ1v) is 9.03. The fraction of sp³-hybridized carbons (Fsp3) is 0.353. The van der Waals surface area contributed by atoms with Gasteiger partial charge in [0.15, 0.2) is 5.16 Å². The number of halogens is 1. The summed E-state index contributed by atoms with van der Waals surface area (Å²) in [4.78, 5) is 30.7. The SMILES string of the molecule is CC(C)CNC(=O)Cc1cc(=O)[nH]c(SCc2cccc(Cl)c2)n1. The van der Waals surface area contributed by atoms with E-state index >= 15 is 0 Å². The van der Waals surface area contributed by atoms with Crippen molar-refractivity contribution < 1.29 is 4.79 Å². The van der Waals surface area contributed by atoms with E-state index in [1.54, 1.807) is 0 Å². The molecule has 0 aliphatic carbocycles. The zero-order valence-electron chi connectivity index (χ0n) is 13.6. The van der Waals surface area contributed by atoms with Crippen LogP contribution in [0.25, 0.3) is 0 Å². The number of benzene rings is 1. The minimum absolute atomic E-state index is 0.0986. The van der Waals surface area contributed by atoms with Gasteiger partial charge in [0, 0.05) is 23.4 Å². The van der Waals surface area contributed by atoms with Crippen LogP contribution in [-0.4, -0.2) is 22.4 Å². The molecule has 0 aliphatic heterocycles. The lowest BCUT2D eigenvalue weighted by molar-refractivity contribution is -0.120. The third-order valence-electron chi connectivity index (χ3n) is 3.09. The molecule has 0 aliphatic rings. The zero-order valence-corrected chi connectivity index (χ0v) is 15.2. The molecule has 24 heavy (non-hydrogen) atoms. The van der Waals surface area contributed by atoms with Crippen molar-refractivity contribution in [1.82, 2.24) is 15.3 Å². The number of hydrogen-bond donors (Lipinski definition) is 2. The summed E-state index contributed by atoms with van der Waals surface area (Å²) in [6.45, 7) is 4.66. The summed E-state index contributed by atoms with van der Waals surface area (Å²) in [6.07, 6.45) is 0.0986. The van der Waals surface area contributed by atoms with Crippen molar-refractivity contribution in [1.29, 1.82) is 0 Å². The molecule has 128 valence electrons. The molecular weight excluding hydrogens is 346 g/mol. The smallest absolute Gasteiger partial charge is 0.251 e. The number of H-pyrrole nitrogens is 1. The molecule has 0 fully saturated rings. The van der Waals surface area contributed by atoms with Gasteiger partial charge in [-0.25, -0.2) is 4.98 Å². The number of hydrogen-bond acceptors (Lipinski definition) is 4. The number of rotatable bonds is 7. The lowest BCUT2D eigenvalue weighted by atomic mass is 10.2. The Morgan fingerprint density at radius 2 is 2.17 bits per heavy atom. The van der Waals surface area contributed by atoms with Crippen molar-refractivity contribution in [3.63, 3.8) is 0 Å². The van der Waals surface area contributed by atoms with E-state index in [-0.39, 0.29) is 17.9 Å². The fourth-order valence-corrected chi connectivity index (χ4v) is 3.02. The molecule has 0 radical (unpaired) electrons. The molecule has 5 nitrogen and oxygen atoms in total. The van der Waals surface area contributed by atoms with Gasteiger partial charge in [-0.3, -0.25) is 9.59 Å². The summed E-state index contributed by atoms with van der Waals surface area (Å²) >= 11 is 7.36. The summed E-state index contributed by atoms with van der Waals surface area (Å²) in [5.74, 6) is 0.879. The van der Waals surface area contributed by atoms with E-state index in [0.717, 1.165) is 5.56 Å². The Morgan fingerprint density at radius 3 is 2.88 bits per heavy atom. The van der Waals surface area contributed by atoms with Crippen molar-refractivity contribution in [2.75, 3.05) is 6.54 Å². The normalized spacial score (nSPS) is 10.8. The zero-order chi connectivity index (χ0) is 17.5. The minimum atomic E-state index is -0.259. The molecule has 1 aromatic heterocycles. The van der Waals surface area contributed by atoms with Gasteiger partial charge >= 0.3 is 0 Å². The van der Waals surface area contributed by atoms with E-state index in [9.17, 15) is 9.59 Å². The van der Waals surface area contributed by atoms with Crippen LogP contribution in [0.3, 0.4) is 0 Å². The Balaban J connectivity index is 2.00. The number of carbonyl (C=O) groups excluding carboxylic acids is 1. The molecule has 1 amide bonds. The number of nitrogens with zero attached hydrogens (tertiary/aromatic N) is 1. The van der Waals surface area contributed by atoms with Crippen LogP contribution in [0.2, 0.25) is 5.02 Å². The molecule has 2 aromatic rings. The summed E-state index contributed by atoms with van der Waals surface area (Å²) in [5.41, 5.74) is 1.24. The van der Waals surface area contributed by atoms with Crippen molar-refractivity contribution >= 4 is 29.3 Å². The molecule has 2 N–H and O–H groups in total. The monoisotopic (exact) mass is 365 g/mol. The van der Waals surface area contributed by atoms with Crippen molar-refractivity contribution in [3.8, 4) is 0 Å². The van der Waals surface area contributed by atoms with Crippen LogP contribution in [0, 0.1) is 5.92 Å². The molecular formula is C17H20ClN3O2S. The van der Waals surface area contributed by atoms with Crippen LogP contribution in [0.5, 0.6) is 0 Å². The third kappa shape index (κ3) is 6.37. The largest absolute Gasteiger partial charge is 0.356 e. The Bertz CT molecular complexity index is 761. The number of nitrogens with one attached hydrogen (secondary N) is 2. The molecule has 7 heteroatoms. The molecule has 0 bridgehead atoms. The lowest BCUT2D eigenvalue weighted by Crippen LogP contribution is -2.29. The van der Waals surface area contributed by atoms with Crippen molar-refractivity contribution in [3.05, 3.63) is 57.0 Å². The van der Waals surface area contributed by atoms with Gasteiger partial charge < -0.3 is 10.3 Å². The van der Waals surface area contributed by atoms with Gasteiger partial charge in [-0.05, 0) is 23.6 Å². The molecule has 0 saturated carbocycles. The number of aromatic amines is 1. The van der Waals surface area contributed by atoms with Gasteiger partial charge in [-0.2, -0.15) is 0 Å². The van der Waals surface area contributed by atoms with Crippen molar-refractivity contribution in [2.24, 2.45) is 5.92 Å². The van der Waals surface area contributed by atoms with Gasteiger partial charge in [0.2, 0.25) is 5.91 Å². The highest BCUT2D eigenvalue weighted by atomic mass is 35.5. The van der Waals surface area contributed by atoms with Gasteiger partial charge in [0.05, 0.1) is 12.1 Å². The van der Waals surface area contributed by atoms with Gasteiger partial charge in [-0.1, -0.05) is 49.3 Å². The average molecular weight is 366 g/mol. The molecule has 0 atom stereocenters. The van der Waals surface area contributed by atoms with E-state index in [0.29, 0.717) is 34.1 Å². The maximum atomic E-state index is 11.9. The van der Waals surface area contributed by atoms with Gasteiger partial charge in [0.1, 0.15) is 0 Å². The number of thioether (sulfide) groups is 1. The lowest BCUT2D eigenvalue weighted by Gasteiger charge is -2.08. The van der Waals surface area contributed by atoms with Crippen LogP contribution in [0.1, 0.15) is 25.1 Å². The van der Waals surface area contributed by atoms with Crippen LogP contribution in [-0.2, 0) is 17.0 Å². The van der Waals surface area contributed by atoms with E-state index in [4.69, 9.17) is 11.6 Å². The number of amides is 1. The first-order valence-electron chi connectivity index (χ1n) is 7.66. The van der Waals surface area contributed by atoms with Gasteiger partial charge in [0.25, 0.3) is 5.56 Å². The molecule has 1 heterocycles. The highest BCUT2D eigenvalue weighted by Crippen LogP contribution is 2.20. The highest BCUT2D eigenvalue weighted by Gasteiger charge is 2.08. The molecule has 2 rings (SSSR count). The van der Waals surface area contributed by atoms with E-state index in [1.165, 1.54) is 17.8 Å². The Morgan fingerprint density at radius 1 is 1.38 bits per heavy atom. The standard InChI is InChI=1S/C17H20ClN3O2S/c1-11(2)9-19-15(22)7-14-8-16(23)21-17(20-14)24-10-12-4-3-5-13(18)6-12/h3-6,8,11H,7,9-10H2,1-2H3,(H,19,22)(H,20,21,23). The van der Waals surface area contributed by atoms with Crippen LogP contribution in [0.4, 0.5) is 0 Å². The molecule has 1 aromatic carbocycles. The quantitative estimate of drug-likeness (QED) is 0.584. The van der Waals surface area contributed by atoms with Crippen LogP contribution >= 0.6 is 23.4 Å². The second-order valence-electron chi connectivity index (χ2n) is 5.84. The second-order valence-corrected chi connectivity index (χ2v) is 7.24. The van der Waals surface area contributed by atoms with E-state index in [2.05, 4.69) is 15.3 Å². The summed E-state index contributed by atoms with van der Waals surface area (Å²) in [5, 5.41) is 3.99. The highest BCUT2D eigenvalue weighted by molar-refractivity contribution is 7.98. The maximum Gasteiger partial charge on any atom is 0.251 e. The molecule has 0 unspecified atom stereocenters. The fourth-order valence-electron chi connectivity index (χ4n) is 1.97. The summed E-state index contributed by atoms with van der Waals surface area (Å²) in [7, 11) is 0. The maximum absolute atomic E-state index is 11.9. The topological polar surface area (TPSA) is 74.8 Å². The summed E-state index contributed by atoms with van der Waals surface area (Å²) < 4.78 is 0. The van der Waals surface area contributed by atoms with Crippen molar-refractivity contribution in [2.45, 2.75) is 31.2 Å². The summed E-state index contributed by atoms with van der Waals surface area (Å²) in [6, 6.07) is 8.88. The van der Waals surface area contributed by atoms with E-state index in [1.807, 2.05) is 38.1 Å². The molecule has 0 saturated heterocycles. The Labute approximate surface area is 150 Å². The Hall–Kier alpha value is -1.79. The predicted octanol–water partition coefficient (Wildman–Crippen LogP) is 3.03. The van der Waals surface area contributed by atoms with Crippen LogP contribution < -0.4 is 10.9 Å². The number of aromatic nitrogens is 2.